The van der Waals surface area contributed by atoms with Crippen LogP contribution in [0.3, 0.4) is 0 Å². The Morgan fingerprint density at radius 2 is 2.30 bits per heavy atom. The molecule has 0 saturated heterocycles. The van der Waals surface area contributed by atoms with Gasteiger partial charge in [-0.1, -0.05) is 0 Å². The maximum atomic E-state index is 14.2. The van der Waals surface area contributed by atoms with E-state index in [2.05, 4.69) is 15.4 Å². The maximum Gasteiger partial charge on any atom is 0.269 e. The number of halogens is 2. The molecule has 1 fully saturated rings. The summed E-state index contributed by atoms with van der Waals surface area (Å²) in [6.07, 6.45) is 3.92. The van der Waals surface area contributed by atoms with Crippen molar-refractivity contribution in [2.75, 3.05) is 0 Å². The Hall–Kier alpha value is -2.39. The van der Waals surface area contributed by atoms with E-state index in [4.69, 9.17) is 5.73 Å². The number of hydrogen-bond acceptors (Lipinski definition) is 5. The summed E-state index contributed by atoms with van der Waals surface area (Å²) in [4.78, 5) is 18.2. The molecule has 0 bridgehead atoms. The van der Waals surface area contributed by atoms with Crippen molar-refractivity contribution in [3.8, 4) is 11.3 Å². The van der Waals surface area contributed by atoms with Crippen LogP contribution in [0.4, 0.5) is 8.78 Å². The van der Waals surface area contributed by atoms with E-state index in [0.717, 1.165) is 16.1 Å². The minimum absolute atomic E-state index is 0.256. The molecule has 6 nitrogen and oxygen atoms in total. The summed E-state index contributed by atoms with van der Waals surface area (Å²) >= 11 is 1.25. The fourth-order valence-electron chi connectivity index (χ4n) is 3.50. The first-order valence-corrected chi connectivity index (χ1v) is 9.52. The summed E-state index contributed by atoms with van der Waals surface area (Å²) in [5.41, 5.74) is 8.09. The highest BCUT2D eigenvalue weighted by Crippen LogP contribution is 2.34. The monoisotopic (exact) mass is 391 g/mol. The summed E-state index contributed by atoms with van der Waals surface area (Å²) in [6.45, 7) is 1.88. The summed E-state index contributed by atoms with van der Waals surface area (Å²) in [6, 6.07) is 3.22. The molecule has 1 aliphatic rings. The van der Waals surface area contributed by atoms with Crippen molar-refractivity contribution in [2.45, 2.75) is 44.2 Å². The Bertz CT molecular complexity index is 999. The number of fused-ring (bicyclic) bond motifs is 1. The van der Waals surface area contributed by atoms with E-state index in [9.17, 15) is 13.6 Å². The van der Waals surface area contributed by atoms with E-state index in [1.165, 1.54) is 11.3 Å². The number of imidazole rings is 1. The molecular formula is C18H19F2N5OS. The van der Waals surface area contributed by atoms with Gasteiger partial charge in [-0.3, -0.25) is 4.79 Å². The van der Waals surface area contributed by atoms with Crippen molar-refractivity contribution in [3.05, 3.63) is 40.3 Å². The molecule has 142 valence electrons. The highest BCUT2D eigenvalue weighted by molar-refractivity contribution is 7.14. The second kappa shape index (κ2) is 6.65. The molecule has 1 saturated carbocycles. The minimum Gasteiger partial charge on any atom is -0.341 e. The van der Waals surface area contributed by atoms with E-state index >= 15 is 0 Å². The third-order valence-corrected chi connectivity index (χ3v) is 5.96. The molecule has 4 rings (SSSR count). The molecule has 27 heavy (non-hydrogen) atoms. The lowest BCUT2D eigenvalue weighted by molar-refractivity contribution is -0.0674. The lowest BCUT2D eigenvalue weighted by atomic mass is 9.87. The quantitative estimate of drug-likeness (QED) is 0.719. The number of nitrogens with one attached hydrogen (secondary N) is 1. The second-order valence-electron chi connectivity index (χ2n) is 6.79. The summed E-state index contributed by atoms with van der Waals surface area (Å²) in [7, 11) is 0. The van der Waals surface area contributed by atoms with Gasteiger partial charge in [0, 0.05) is 29.1 Å². The molecule has 3 aromatic heterocycles. The zero-order chi connectivity index (χ0) is 19.2. The number of thiophene rings is 1. The molecule has 0 aromatic carbocycles. The normalized spacial score (nSPS) is 22.1. The summed E-state index contributed by atoms with van der Waals surface area (Å²) in [5.74, 6) is -3.52. The number of amides is 1. The summed E-state index contributed by atoms with van der Waals surface area (Å²) in [5, 5.41) is 6.73. The third kappa shape index (κ3) is 3.21. The fourth-order valence-corrected chi connectivity index (χ4v) is 4.43. The van der Waals surface area contributed by atoms with E-state index < -0.39 is 23.9 Å². The first kappa shape index (κ1) is 18.0. The van der Waals surface area contributed by atoms with E-state index in [1.54, 1.807) is 29.0 Å². The first-order chi connectivity index (χ1) is 12.9. The van der Waals surface area contributed by atoms with Crippen LogP contribution in [0.2, 0.25) is 0 Å². The van der Waals surface area contributed by atoms with Gasteiger partial charge in [-0.25, -0.2) is 18.3 Å². The van der Waals surface area contributed by atoms with Gasteiger partial charge in [-0.2, -0.15) is 5.10 Å². The Balaban J connectivity index is 1.62. The molecule has 1 aliphatic carbocycles. The number of rotatable bonds is 3. The lowest BCUT2D eigenvalue weighted by Crippen LogP contribution is -2.59. The number of nitrogens with zero attached hydrogens (tertiary/aromatic N) is 3. The number of aromatic nitrogens is 3. The Labute approximate surface area is 158 Å². The molecule has 1 unspecified atom stereocenters. The van der Waals surface area contributed by atoms with Gasteiger partial charge in [0.1, 0.15) is 6.04 Å². The molecule has 3 N–H and O–H groups in total. The molecular weight excluding hydrogens is 372 g/mol. The van der Waals surface area contributed by atoms with Crippen molar-refractivity contribution in [2.24, 2.45) is 5.73 Å². The van der Waals surface area contributed by atoms with Gasteiger partial charge >= 0.3 is 0 Å². The predicted octanol–water partition coefficient (Wildman–Crippen LogP) is 3.01. The van der Waals surface area contributed by atoms with E-state index in [-0.39, 0.29) is 6.42 Å². The van der Waals surface area contributed by atoms with Crippen molar-refractivity contribution >= 4 is 22.9 Å². The van der Waals surface area contributed by atoms with Gasteiger partial charge in [-0.15, -0.1) is 11.3 Å². The van der Waals surface area contributed by atoms with Gasteiger partial charge in [-0.05, 0) is 38.0 Å². The Kier molecular flexibility index (Phi) is 4.43. The molecule has 0 spiro atoms. The van der Waals surface area contributed by atoms with Gasteiger partial charge in [0.15, 0.2) is 5.65 Å². The standard InChI is InChI=1S/C18H19F2N5OS/c1-10-11(13-9-22-15-5-3-7-23-25(13)15)8-14(27-10)17(26)24-16-12(21)4-2-6-18(16,19)20/h3,5,7-9,12,16H,2,4,6,21H2,1H3,(H,24,26)/t12-,16?/m1/s1. The summed E-state index contributed by atoms with van der Waals surface area (Å²) < 4.78 is 30.0. The van der Waals surface area contributed by atoms with Crippen LogP contribution in [-0.4, -0.2) is 38.5 Å². The average Bonchev–Trinajstić information content (AvgIpc) is 3.21. The zero-order valence-electron chi connectivity index (χ0n) is 14.7. The number of carbonyl (C=O) groups excluding carboxylic acids is 1. The van der Waals surface area contributed by atoms with E-state index in [1.807, 2.05) is 13.0 Å². The number of hydrogen-bond donors (Lipinski definition) is 2. The average molecular weight is 391 g/mol. The molecule has 1 amide bonds. The van der Waals surface area contributed by atoms with Gasteiger partial charge in [0.2, 0.25) is 0 Å². The Morgan fingerprint density at radius 1 is 1.48 bits per heavy atom. The van der Waals surface area contributed by atoms with Crippen LogP contribution in [0.1, 0.15) is 33.8 Å². The number of nitrogens with two attached hydrogens (primary N) is 1. The number of aryl methyl sites for hydroxylation is 1. The van der Waals surface area contributed by atoms with Crippen LogP contribution in [0.25, 0.3) is 16.9 Å². The Morgan fingerprint density at radius 3 is 3.07 bits per heavy atom. The molecule has 0 radical (unpaired) electrons. The van der Waals surface area contributed by atoms with Crippen LogP contribution in [0.15, 0.2) is 30.6 Å². The van der Waals surface area contributed by atoms with Gasteiger partial charge in [0.25, 0.3) is 11.8 Å². The van der Waals surface area contributed by atoms with Crippen LogP contribution in [0.5, 0.6) is 0 Å². The lowest BCUT2D eigenvalue weighted by Gasteiger charge is -2.36. The largest absolute Gasteiger partial charge is 0.341 e. The van der Waals surface area contributed by atoms with Crippen LogP contribution in [0, 0.1) is 6.92 Å². The first-order valence-electron chi connectivity index (χ1n) is 8.70. The smallest absolute Gasteiger partial charge is 0.269 e. The van der Waals surface area contributed by atoms with Crippen molar-refractivity contribution in [1.29, 1.82) is 0 Å². The third-order valence-electron chi connectivity index (χ3n) is 4.91. The van der Waals surface area contributed by atoms with Crippen LogP contribution >= 0.6 is 11.3 Å². The molecule has 3 heterocycles. The molecule has 9 heteroatoms. The van der Waals surface area contributed by atoms with Crippen molar-refractivity contribution < 1.29 is 13.6 Å². The molecule has 3 aromatic rings. The maximum absolute atomic E-state index is 14.2. The van der Waals surface area contributed by atoms with Crippen LogP contribution in [-0.2, 0) is 0 Å². The van der Waals surface area contributed by atoms with E-state index in [0.29, 0.717) is 23.4 Å². The fraction of sp³-hybridized carbons (Fsp3) is 0.389. The minimum atomic E-state index is -2.99. The SMILES string of the molecule is Cc1sc(C(=O)NC2[C@H](N)CCCC2(F)F)cc1-c1cnc2cccnn12. The van der Waals surface area contributed by atoms with Crippen molar-refractivity contribution in [3.63, 3.8) is 0 Å². The predicted molar refractivity (Wildman–Crippen MR) is 99.1 cm³/mol. The molecule has 0 aliphatic heterocycles. The zero-order valence-corrected chi connectivity index (χ0v) is 15.5. The highest BCUT2D eigenvalue weighted by Gasteiger charge is 2.46. The second-order valence-corrected chi connectivity index (χ2v) is 8.04. The van der Waals surface area contributed by atoms with Crippen molar-refractivity contribution in [1.82, 2.24) is 19.9 Å². The van der Waals surface area contributed by atoms with Crippen LogP contribution < -0.4 is 11.1 Å². The highest BCUT2D eigenvalue weighted by atomic mass is 32.1. The van der Waals surface area contributed by atoms with Gasteiger partial charge in [0.05, 0.1) is 16.8 Å². The number of alkyl halides is 2. The number of carbonyl (C=O) groups is 1. The van der Waals surface area contributed by atoms with Gasteiger partial charge < -0.3 is 11.1 Å². The topological polar surface area (TPSA) is 85.3 Å². The molecule has 2 atom stereocenters.